The van der Waals surface area contributed by atoms with Gasteiger partial charge < -0.3 is 14.3 Å². The molecule has 4 nitrogen and oxygen atoms in total. The second kappa shape index (κ2) is 6.96. The molecule has 0 unspecified atom stereocenters. The summed E-state index contributed by atoms with van der Waals surface area (Å²) in [7, 11) is 0. The molecule has 0 aliphatic carbocycles. The maximum Gasteiger partial charge on any atom is 0.193 e. The SMILES string of the molecule is CC(C)=CCc1cc2c(=O)cc(-c3ccc4c(c3)C=CC(C)(C)O4)oc2cc1O. The fourth-order valence-electron chi connectivity index (χ4n) is 3.39. The standard InChI is InChI=1S/C25H24O4/c1-15(2)5-6-16-12-19-21(27)14-23(28-24(19)13-20(16)26)17-7-8-22-18(11-17)9-10-25(3,4)29-22/h5,7-14,26H,6H2,1-4H3. The van der Waals surface area contributed by atoms with Crippen LogP contribution in [0.4, 0.5) is 0 Å². The van der Waals surface area contributed by atoms with Gasteiger partial charge in [-0.15, -0.1) is 0 Å². The number of allylic oxidation sites excluding steroid dienone is 2. The minimum atomic E-state index is -0.342. The number of phenolic OH excluding ortho intramolecular Hbond substituents is 1. The third-order valence-corrected chi connectivity index (χ3v) is 4.99. The van der Waals surface area contributed by atoms with E-state index in [4.69, 9.17) is 9.15 Å². The molecule has 0 bridgehead atoms. The Balaban J connectivity index is 1.77. The van der Waals surface area contributed by atoms with Crippen LogP contribution in [0.1, 0.15) is 38.8 Å². The first-order valence-corrected chi connectivity index (χ1v) is 9.68. The monoisotopic (exact) mass is 388 g/mol. The normalized spacial score (nSPS) is 14.3. The van der Waals surface area contributed by atoms with Crippen LogP contribution in [-0.4, -0.2) is 10.7 Å². The van der Waals surface area contributed by atoms with Gasteiger partial charge in [0.05, 0.1) is 5.39 Å². The molecule has 4 heteroatoms. The molecule has 148 valence electrons. The number of hydrogen-bond donors (Lipinski definition) is 1. The number of fused-ring (bicyclic) bond motifs is 2. The minimum absolute atomic E-state index is 0.124. The average molecular weight is 388 g/mol. The molecule has 2 heterocycles. The molecule has 29 heavy (non-hydrogen) atoms. The zero-order chi connectivity index (χ0) is 20.8. The number of aromatic hydroxyl groups is 1. The predicted octanol–water partition coefficient (Wildman–Crippen LogP) is 5.86. The van der Waals surface area contributed by atoms with Gasteiger partial charge in [-0.2, -0.15) is 0 Å². The first-order chi connectivity index (χ1) is 13.7. The molecule has 0 saturated heterocycles. The fraction of sp³-hybridized carbons (Fsp3) is 0.240. The summed E-state index contributed by atoms with van der Waals surface area (Å²) < 4.78 is 11.9. The van der Waals surface area contributed by atoms with Crippen LogP contribution in [0.3, 0.4) is 0 Å². The molecule has 0 saturated carbocycles. The van der Waals surface area contributed by atoms with Crippen molar-refractivity contribution >= 4 is 17.0 Å². The smallest absolute Gasteiger partial charge is 0.193 e. The van der Waals surface area contributed by atoms with Crippen molar-refractivity contribution in [2.45, 2.75) is 39.7 Å². The molecule has 1 aliphatic heterocycles. The Kier molecular flexibility index (Phi) is 4.58. The highest BCUT2D eigenvalue weighted by Crippen LogP contribution is 2.35. The molecule has 4 rings (SSSR count). The Morgan fingerprint density at radius 3 is 2.69 bits per heavy atom. The molecule has 0 radical (unpaired) electrons. The fourth-order valence-corrected chi connectivity index (χ4v) is 3.39. The summed E-state index contributed by atoms with van der Waals surface area (Å²) in [6.45, 7) is 8.00. The number of phenols is 1. The summed E-state index contributed by atoms with van der Waals surface area (Å²) in [5.74, 6) is 1.38. The highest BCUT2D eigenvalue weighted by atomic mass is 16.5. The van der Waals surface area contributed by atoms with E-state index in [0.717, 1.165) is 22.4 Å². The van der Waals surface area contributed by atoms with Gasteiger partial charge in [-0.25, -0.2) is 0 Å². The van der Waals surface area contributed by atoms with Crippen molar-refractivity contribution in [1.82, 2.24) is 0 Å². The molecule has 3 aromatic rings. The van der Waals surface area contributed by atoms with Crippen molar-refractivity contribution in [1.29, 1.82) is 0 Å². The third kappa shape index (κ3) is 3.83. The zero-order valence-electron chi connectivity index (χ0n) is 17.1. The largest absolute Gasteiger partial charge is 0.508 e. The maximum absolute atomic E-state index is 12.8. The van der Waals surface area contributed by atoms with E-state index in [1.165, 1.54) is 12.1 Å². The summed E-state index contributed by atoms with van der Waals surface area (Å²) in [6.07, 6.45) is 6.60. The van der Waals surface area contributed by atoms with Gasteiger partial charge in [0.15, 0.2) is 5.43 Å². The number of benzene rings is 2. The van der Waals surface area contributed by atoms with Crippen LogP contribution in [0.5, 0.6) is 11.5 Å². The van der Waals surface area contributed by atoms with Crippen molar-refractivity contribution in [3.05, 3.63) is 75.5 Å². The summed E-state index contributed by atoms with van der Waals surface area (Å²) in [5, 5.41) is 10.8. The van der Waals surface area contributed by atoms with Crippen LogP contribution < -0.4 is 10.2 Å². The minimum Gasteiger partial charge on any atom is -0.508 e. The van der Waals surface area contributed by atoms with Gasteiger partial charge in [-0.05, 0) is 70.0 Å². The van der Waals surface area contributed by atoms with Crippen molar-refractivity contribution < 1.29 is 14.3 Å². The van der Waals surface area contributed by atoms with Crippen molar-refractivity contribution in [3.63, 3.8) is 0 Å². The molecule has 1 aliphatic rings. The highest BCUT2D eigenvalue weighted by molar-refractivity contribution is 5.82. The number of ether oxygens (including phenoxy) is 1. The van der Waals surface area contributed by atoms with Gasteiger partial charge in [0.2, 0.25) is 0 Å². The Morgan fingerprint density at radius 2 is 1.93 bits per heavy atom. The van der Waals surface area contributed by atoms with Crippen molar-refractivity contribution in [3.8, 4) is 22.8 Å². The Hall–Kier alpha value is -3.27. The molecule has 0 spiro atoms. The second-order valence-electron chi connectivity index (χ2n) is 8.23. The molecular formula is C25H24O4. The van der Waals surface area contributed by atoms with Crippen LogP contribution in [-0.2, 0) is 6.42 Å². The summed E-state index contributed by atoms with van der Waals surface area (Å²) in [5.41, 5.74) is 3.47. The van der Waals surface area contributed by atoms with Crippen LogP contribution in [0.2, 0.25) is 0 Å². The van der Waals surface area contributed by atoms with E-state index in [0.29, 0.717) is 28.7 Å². The van der Waals surface area contributed by atoms with E-state index in [1.807, 2.05) is 64.1 Å². The van der Waals surface area contributed by atoms with Gasteiger partial charge in [-0.3, -0.25) is 4.79 Å². The van der Waals surface area contributed by atoms with Crippen LogP contribution in [0.25, 0.3) is 28.4 Å². The van der Waals surface area contributed by atoms with E-state index in [2.05, 4.69) is 0 Å². The molecule has 0 fully saturated rings. The molecule has 1 N–H and O–H groups in total. The first-order valence-electron chi connectivity index (χ1n) is 9.68. The molecule has 1 aromatic heterocycles. The Morgan fingerprint density at radius 1 is 1.14 bits per heavy atom. The summed E-state index contributed by atoms with van der Waals surface area (Å²) >= 11 is 0. The summed E-state index contributed by atoms with van der Waals surface area (Å²) in [4.78, 5) is 12.8. The maximum atomic E-state index is 12.8. The second-order valence-corrected chi connectivity index (χ2v) is 8.23. The van der Waals surface area contributed by atoms with Gasteiger partial charge in [0.25, 0.3) is 0 Å². The molecule has 0 amide bonds. The molecule has 0 atom stereocenters. The molecule has 2 aromatic carbocycles. The number of hydrogen-bond acceptors (Lipinski definition) is 4. The van der Waals surface area contributed by atoms with Crippen LogP contribution >= 0.6 is 0 Å². The van der Waals surface area contributed by atoms with Gasteiger partial charge in [0.1, 0.15) is 28.4 Å². The third-order valence-electron chi connectivity index (χ3n) is 4.99. The zero-order valence-corrected chi connectivity index (χ0v) is 17.1. The Bertz CT molecular complexity index is 1220. The molecular weight excluding hydrogens is 364 g/mol. The lowest BCUT2D eigenvalue weighted by atomic mass is 10.00. The van der Waals surface area contributed by atoms with E-state index < -0.39 is 0 Å². The van der Waals surface area contributed by atoms with Crippen LogP contribution in [0.15, 0.2) is 63.3 Å². The van der Waals surface area contributed by atoms with E-state index in [-0.39, 0.29) is 16.8 Å². The van der Waals surface area contributed by atoms with Gasteiger partial charge in [0, 0.05) is 23.3 Å². The van der Waals surface area contributed by atoms with Crippen molar-refractivity contribution in [2.24, 2.45) is 0 Å². The van der Waals surface area contributed by atoms with E-state index in [9.17, 15) is 9.90 Å². The van der Waals surface area contributed by atoms with E-state index >= 15 is 0 Å². The summed E-state index contributed by atoms with van der Waals surface area (Å²) in [6, 6.07) is 10.4. The number of rotatable bonds is 3. The first kappa shape index (κ1) is 19.1. The van der Waals surface area contributed by atoms with Gasteiger partial charge in [-0.1, -0.05) is 17.7 Å². The quantitative estimate of drug-likeness (QED) is 0.571. The highest BCUT2D eigenvalue weighted by Gasteiger charge is 2.22. The topological polar surface area (TPSA) is 59.7 Å². The lowest BCUT2D eigenvalue weighted by Crippen LogP contribution is -2.27. The van der Waals surface area contributed by atoms with E-state index in [1.54, 1.807) is 6.07 Å². The Labute approximate surface area is 169 Å². The van der Waals surface area contributed by atoms with Crippen molar-refractivity contribution in [2.75, 3.05) is 0 Å². The van der Waals surface area contributed by atoms with Gasteiger partial charge >= 0.3 is 0 Å². The lowest BCUT2D eigenvalue weighted by molar-refractivity contribution is 0.159. The predicted molar refractivity (Wildman–Crippen MR) is 116 cm³/mol. The lowest BCUT2D eigenvalue weighted by Gasteiger charge is -2.27. The van der Waals surface area contributed by atoms with Crippen LogP contribution in [0, 0.1) is 0 Å². The average Bonchev–Trinajstić information content (AvgIpc) is 2.65.